The Morgan fingerprint density at radius 2 is 1.87 bits per heavy atom. The minimum atomic E-state index is -4.66. The minimum Gasteiger partial charge on any atom is -0.330 e. The lowest BCUT2D eigenvalue weighted by molar-refractivity contribution is -0.190. The Kier molecular flexibility index (Phi) is 5.93. The highest BCUT2D eigenvalue weighted by molar-refractivity contribution is 7.85. The third kappa shape index (κ3) is 3.87. The Morgan fingerprint density at radius 1 is 1.18 bits per heavy atom. The first-order valence-corrected chi connectivity index (χ1v) is 14.3. The highest BCUT2D eigenvalue weighted by Crippen LogP contribution is 2.63. The van der Waals surface area contributed by atoms with Gasteiger partial charge in [-0.25, -0.2) is 9.50 Å². The fourth-order valence-corrected chi connectivity index (χ4v) is 8.19. The van der Waals surface area contributed by atoms with Crippen molar-refractivity contribution in [2.45, 2.75) is 56.2 Å². The maximum absolute atomic E-state index is 14.3. The van der Waals surface area contributed by atoms with Crippen LogP contribution in [0, 0.1) is 17.8 Å². The van der Waals surface area contributed by atoms with Crippen LogP contribution in [0.5, 0.6) is 0 Å². The Morgan fingerprint density at radius 3 is 2.47 bits per heavy atom. The van der Waals surface area contributed by atoms with Gasteiger partial charge < -0.3 is 4.90 Å². The Bertz CT molecular complexity index is 1430. The number of rotatable bonds is 4. The van der Waals surface area contributed by atoms with Crippen LogP contribution < -0.4 is 0 Å². The van der Waals surface area contributed by atoms with Crippen molar-refractivity contribution < 1.29 is 26.6 Å². The van der Waals surface area contributed by atoms with E-state index < -0.39 is 40.8 Å². The summed E-state index contributed by atoms with van der Waals surface area (Å²) in [5, 5.41) is 4.03. The molecule has 6 rings (SSSR count). The van der Waals surface area contributed by atoms with Gasteiger partial charge in [-0.1, -0.05) is 31.2 Å². The lowest BCUT2D eigenvalue weighted by Crippen LogP contribution is -2.44. The fraction of sp³-hybridized carbons (Fsp3) is 0.519. The highest BCUT2D eigenvalue weighted by atomic mass is 32.2. The molecule has 2 fully saturated rings. The van der Waals surface area contributed by atoms with Crippen molar-refractivity contribution >= 4 is 22.4 Å². The second kappa shape index (κ2) is 8.86. The Hall–Kier alpha value is -2.82. The van der Waals surface area contributed by atoms with Gasteiger partial charge in [0.2, 0.25) is 11.9 Å². The van der Waals surface area contributed by atoms with Crippen molar-refractivity contribution in [3.63, 3.8) is 0 Å². The number of aromatic nitrogens is 3. The molecular weight excluding hydrogens is 520 g/mol. The predicted octanol–water partition coefficient (Wildman–Crippen LogP) is 4.90. The molecule has 1 saturated carbocycles. The van der Waals surface area contributed by atoms with Gasteiger partial charge in [-0.2, -0.15) is 17.6 Å². The first-order valence-electron chi connectivity index (χ1n) is 12.8. The van der Waals surface area contributed by atoms with Crippen LogP contribution in [0.3, 0.4) is 0 Å². The molecule has 1 amide bonds. The molecule has 202 valence electrons. The molecular formula is C27H28F4N4O2S. The van der Waals surface area contributed by atoms with Gasteiger partial charge in [-0.05, 0) is 42.7 Å². The van der Waals surface area contributed by atoms with Crippen LogP contribution in [0.2, 0.25) is 0 Å². The number of nitrogens with zero attached hydrogens (tertiary/aromatic N) is 4. The van der Waals surface area contributed by atoms with E-state index in [-0.39, 0.29) is 22.8 Å². The second-order valence-corrected chi connectivity index (χ2v) is 12.7. The van der Waals surface area contributed by atoms with Crippen LogP contribution in [0.15, 0.2) is 36.5 Å². The first kappa shape index (κ1) is 25.5. The van der Waals surface area contributed by atoms with Gasteiger partial charge in [0.25, 0.3) is 0 Å². The molecule has 1 aromatic carbocycles. The van der Waals surface area contributed by atoms with Crippen molar-refractivity contribution in [3.8, 4) is 0 Å². The molecule has 2 aliphatic carbocycles. The molecule has 3 heterocycles. The lowest BCUT2D eigenvalue weighted by atomic mass is 9.59. The number of carbonyl (C=O) groups excluding carboxylic acids is 1. The summed E-state index contributed by atoms with van der Waals surface area (Å²) >= 11 is 0. The smallest absolute Gasteiger partial charge is 0.330 e. The Balaban J connectivity index is 1.32. The van der Waals surface area contributed by atoms with Gasteiger partial charge >= 0.3 is 6.18 Å². The van der Waals surface area contributed by atoms with Crippen LogP contribution in [0.25, 0.3) is 5.65 Å². The quantitative estimate of drug-likeness (QED) is 0.435. The molecule has 2 aromatic heterocycles. The number of hydrogen-bond donors (Lipinski definition) is 0. The summed E-state index contributed by atoms with van der Waals surface area (Å²) in [5.74, 6) is -0.919. The number of benzene rings is 1. The summed E-state index contributed by atoms with van der Waals surface area (Å²) < 4.78 is 70.0. The zero-order valence-corrected chi connectivity index (χ0v) is 21.9. The van der Waals surface area contributed by atoms with E-state index in [1.807, 2.05) is 0 Å². The summed E-state index contributed by atoms with van der Waals surface area (Å²) in [7, 11) is 0.195. The minimum absolute atomic E-state index is 0.00574. The van der Waals surface area contributed by atoms with Crippen LogP contribution in [-0.2, 0) is 21.0 Å². The molecule has 11 heteroatoms. The summed E-state index contributed by atoms with van der Waals surface area (Å²) in [5.41, 5.74) is 2.92. The third-order valence-corrected chi connectivity index (χ3v) is 10.3. The number of amides is 1. The van der Waals surface area contributed by atoms with Gasteiger partial charge in [0.05, 0.1) is 5.69 Å². The fourth-order valence-electron chi connectivity index (χ4n) is 6.89. The van der Waals surface area contributed by atoms with Crippen LogP contribution in [0.1, 0.15) is 67.0 Å². The van der Waals surface area contributed by atoms with E-state index in [0.717, 1.165) is 34.6 Å². The van der Waals surface area contributed by atoms with Crippen molar-refractivity contribution in [3.05, 3.63) is 64.9 Å². The molecule has 0 spiro atoms. The standard InChI is InChI=1S/C27H28F4N4O2S/c1-26-10-7-19(26)22(18-14-32-21-13-20(28)33-35(21)24(18)26)15-3-5-16(6-4-15)23(27(29,30)31)34(2)25(36)17-8-11-38(37)12-9-17/h3-6,13-14,17,19,22-23H,7-12H2,1-2H3. The van der Waals surface area contributed by atoms with Gasteiger partial charge in [-0.3, -0.25) is 9.00 Å². The second-order valence-electron chi connectivity index (χ2n) is 11.0. The predicted molar refractivity (Wildman–Crippen MR) is 133 cm³/mol. The number of halogens is 4. The van der Waals surface area contributed by atoms with Crippen molar-refractivity contribution in [2.75, 3.05) is 18.6 Å². The highest BCUT2D eigenvalue weighted by Gasteiger charge is 2.57. The van der Waals surface area contributed by atoms with Crippen LogP contribution in [0.4, 0.5) is 17.6 Å². The number of fused-ring (bicyclic) bond motifs is 5. The van der Waals surface area contributed by atoms with E-state index in [0.29, 0.717) is 30.0 Å². The van der Waals surface area contributed by atoms with E-state index in [4.69, 9.17) is 0 Å². The zero-order valence-electron chi connectivity index (χ0n) is 21.0. The number of alkyl halides is 3. The molecule has 4 atom stereocenters. The van der Waals surface area contributed by atoms with Crippen molar-refractivity contribution in [1.82, 2.24) is 19.5 Å². The third-order valence-electron chi connectivity index (χ3n) is 8.95. The van der Waals surface area contributed by atoms with Gasteiger partial charge in [0, 0.05) is 64.4 Å². The lowest BCUT2D eigenvalue weighted by Gasteiger charge is -2.44. The van der Waals surface area contributed by atoms with E-state index >= 15 is 0 Å². The molecule has 1 saturated heterocycles. The molecule has 0 N–H and O–H groups in total. The largest absolute Gasteiger partial charge is 0.413 e. The first-order chi connectivity index (χ1) is 18.0. The van der Waals surface area contributed by atoms with Gasteiger partial charge in [0.15, 0.2) is 11.7 Å². The summed E-state index contributed by atoms with van der Waals surface area (Å²) in [6.07, 6.45) is -0.384. The molecule has 3 aliphatic rings. The monoisotopic (exact) mass is 548 g/mol. The maximum atomic E-state index is 14.3. The zero-order chi connectivity index (χ0) is 27.0. The van der Waals surface area contributed by atoms with E-state index in [1.165, 1.54) is 25.2 Å². The van der Waals surface area contributed by atoms with Crippen LogP contribution >= 0.6 is 0 Å². The van der Waals surface area contributed by atoms with Crippen molar-refractivity contribution in [1.29, 1.82) is 0 Å². The normalized spacial score (nSPS) is 29.4. The number of hydrogen-bond acceptors (Lipinski definition) is 4. The van der Waals surface area contributed by atoms with Gasteiger partial charge in [-0.15, -0.1) is 5.10 Å². The molecule has 4 unspecified atom stereocenters. The summed E-state index contributed by atoms with van der Waals surface area (Å²) in [6, 6.07) is 5.56. The SMILES string of the molecule is CN(C(=O)C1CCS(=O)CC1)C(c1ccc(C2c3cnc4cc(F)nn4c3C3(C)CCC23)cc1)C(F)(F)F. The molecule has 38 heavy (non-hydrogen) atoms. The van der Waals surface area contributed by atoms with Crippen molar-refractivity contribution in [2.24, 2.45) is 11.8 Å². The van der Waals surface area contributed by atoms with Gasteiger partial charge in [0.1, 0.15) is 0 Å². The molecule has 0 radical (unpaired) electrons. The average molecular weight is 549 g/mol. The average Bonchev–Trinajstić information content (AvgIpc) is 3.32. The molecule has 0 bridgehead atoms. The summed E-state index contributed by atoms with van der Waals surface area (Å²) in [4.78, 5) is 18.2. The van der Waals surface area contributed by atoms with Crippen LogP contribution in [-0.4, -0.2) is 54.3 Å². The van der Waals surface area contributed by atoms with E-state index in [1.54, 1.807) is 22.8 Å². The van der Waals surface area contributed by atoms with E-state index in [2.05, 4.69) is 17.0 Å². The molecule has 6 nitrogen and oxygen atoms in total. The molecule has 3 aromatic rings. The molecule has 1 aliphatic heterocycles. The maximum Gasteiger partial charge on any atom is 0.413 e. The number of carbonyl (C=O) groups is 1. The Labute approximate surface area is 219 Å². The topological polar surface area (TPSA) is 67.6 Å². The van der Waals surface area contributed by atoms with E-state index in [9.17, 15) is 26.6 Å². The summed E-state index contributed by atoms with van der Waals surface area (Å²) in [6.45, 7) is 2.13.